The molecule has 2 N–H and O–H groups in total. The number of para-hydroxylation sites is 1. The summed E-state index contributed by atoms with van der Waals surface area (Å²) in [6.07, 6.45) is 1.78. The van der Waals surface area contributed by atoms with Crippen molar-refractivity contribution >= 4 is 44.9 Å². The third kappa shape index (κ3) is 3.77. The molecule has 24 heavy (non-hydrogen) atoms. The minimum Gasteiger partial charge on any atom is -0.383 e. The Hall–Kier alpha value is -1.90. The summed E-state index contributed by atoms with van der Waals surface area (Å²) in [5.74, 6) is 0.0848. The molecule has 1 aromatic carbocycles. The Kier molecular flexibility index (Phi) is 5.49. The first-order valence-corrected chi connectivity index (χ1v) is 9.22. The van der Waals surface area contributed by atoms with E-state index >= 15 is 0 Å². The lowest BCUT2D eigenvalue weighted by Crippen LogP contribution is -2.12. The second-order valence-corrected chi connectivity index (χ2v) is 7.73. The maximum Gasteiger partial charge on any atom is 0.206 e. The van der Waals surface area contributed by atoms with Crippen LogP contribution in [-0.2, 0) is 4.74 Å². The van der Waals surface area contributed by atoms with E-state index < -0.39 is 0 Å². The molecular formula is C16H18N4O2S2. The summed E-state index contributed by atoms with van der Waals surface area (Å²) in [7, 11) is 1.65. The van der Waals surface area contributed by atoms with Gasteiger partial charge in [-0.2, -0.15) is 0 Å². The van der Waals surface area contributed by atoms with Gasteiger partial charge in [0.25, 0.3) is 0 Å². The number of aromatic nitrogens is 3. The molecule has 0 aliphatic carbocycles. The number of nitrogens with one attached hydrogen (secondary N) is 2. The molecule has 0 aliphatic heterocycles. The van der Waals surface area contributed by atoms with Crippen molar-refractivity contribution in [2.75, 3.05) is 25.6 Å². The number of H-pyrrole nitrogens is 1. The lowest BCUT2D eigenvalue weighted by molar-refractivity contribution is 0.0995. The van der Waals surface area contributed by atoms with E-state index in [0.717, 1.165) is 20.4 Å². The minimum absolute atomic E-state index is 0.0848. The first kappa shape index (κ1) is 16.9. The molecular weight excluding hydrogens is 344 g/mol. The number of benzene rings is 1. The average molecular weight is 362 g/mol. The first-order chi connectivity index (χ1) is 11.7. The van der Waals surface area contributed by atoms with Gasteiger partial charge in [0.05, 0.1) is 11.9 Å². The molecule has 0 saturated carbocycles. The molecule has 2 aromatic heterocycles. The van der Waals surface area contributed by atoms with Crippen LogP contribution in [0.5, 0.6) is 0 Å². The number of aromatic amines is 1. The molecule has 0 bridgehead atoms. The third-order valence-corrected chi connectivity index (χ3v) is 5.56. The highest BCUT2D eigenvalue weighted by molar-refractivity contribution is 8.02. The van der Waals surface area contributed by atoms with Crippen LogP contribution in [0.3, 0.4) is 0 Å². The van der Waals surface area contributed by atoms with Crippen LogP contribution < -0.4 is 5.32 Å². The molecule has 0 aliphatic rings. The molecule has 2 heterocycles. The number of hydrogen-bond donors (Lipinski definition) is 2. The zero-order valence-electron chi connectivity index (χ0n) is 13.4. The number of anilines is 1. The van der Waals surface area contributed by atoms with Gasteiger partial charge in [-0.3, -0.25) is 4.79 Å². The van der Waals surface area contributed by atoms with Crippen molar-refractivity contribution in [3.05, 3.63) is 36.0 Å². The predicted octanol–water partition coefficient (Wildman–Crippen LogP) is 3.44. The Morgan fingerprint density at radius 3 is 3.08 bits per heavy atom. The number of fused-ring (bicyclic) bond motifs is 1. The average Bonchev–Trinajstić information content (AvgIpc) is 3.21. The smallest absolute Gasteiger partial charge is 0.206 e. The van der Waals surface area contributed by atoms with Crippen molar-refractivity contribution < 1.29 is 9.53 Å². The fraction of sp³-hybridized carbons (Fsp3) is 0.312. The maximum absolute atomic E-state index is 12.7. The standard InChI is InChI=1S/C16H18N4O2S2/c1-10(23-16-20-19-15(24-16)17-7-8-22-2)14(21)12-9-18-13-6-4-3-5-11(12)13/h3-6,9-10,18H,7-8H2,1-2H3,(H,17,19). The second kappa shape index (κ2) is 7.78. The third-order valence-electron chi connectivity index (χ3n) is 3.49. The molecule has 0 saturated heterocycles. The number of ketones is 1. The van der Waals surface area contributed by atoms with E-state index in [1.165, 1.54) is 23.1 Å². The number of nitrogens with zero attached hydrogens (tertiary/aromatic N) is 2. The number of carbonyl (C=O) groups excluding carboxylic acids is 1. The van der Waals surface area contributed by atoms with Crippen LogP contribution >= 0.6 is 23.1 Å². The van der Waals surface area contributed by atoms with E-state index in [1.807, 2.05) is 31.2 Å². The van der Waals surface area contributed by atoms with Crippen LogP contribution in [0, 0.1) is 0 Å². The summed E-state index contributed by atoms with van der Waals surface area (Å²) in [6.45, 7) is 3.19. The van der Waals surface area contributed by atoms with E-state index in [4.69, 9.17) is 4.74 Å². The Morgan fingerprint density at radius 1 is 1.42 bits per heavy atom. The van der Waals surface area contributed by atoms with Gasteiger partial charge in [0.1, 0.15) is 0 Å². The number of carbonyl (C=O) groups is 1. The highest BCUT2D eigenvalue weighted by Gasteiger charge is 2.21. The Morgan fingerprint density at radius 2 is 2.25 bits per heavy atom. The summed E-state index contributed by atoms with van der Waals surface area (Å²) in [4.78, 5) is 15.9. The number of hydrogen-bond acceptors (Lipinski definition) is 7. The fourth-order valence-corrected chi connectivity index (χ4v) is 4.28. The Bertz CT molecular complexity index is 830. The number of Topliss-reactive ketones (excluding diaryl/α,β-unsaturated/α-hetero) is 1. The van der Waals surface area contributed by atoms with Gasteiger partial charge in [-0.15, -0.1) is 10.2 Å². The van der Waals surface area contributed by atoms with Gasteiger partial charge in [-0.25, -0.2) is 0 Å². The van der Waals surface area contributed by atoms with Gasteiger partial charge in [0.15, 0.2) is 10.1 Å². The normalized spacial score (nSPS) is 12.4. The van der Waals surface area contributed by atoms with Crippen LogP contribution in [0.15, 0.2) is 34.8 Å². The summed E-state index contributed by atoms with van der Waals surface area (Å²) in [6, 6.07) is 7.81. The van der Waals surface area contributed by atoms with E-state index in [0.29, 0.717) is 18.7 Å². The predicted molar refractivity (Wildman–Crippen MR) is 98.2 cm³/mol. The molecule has 0 spiro atoms. The lowest BCUT2D eigenvalue weighted by atomic mass is 10.1. The van der Waals surface area contributed by atoms with E-state index in [9.17, 15) is 4.79 Å². The molecule has 3 rings (SSSR count). The molecule has 0 radical (unpaired) electrons. The van der Waals surface area contributed by atoms with Crippen molar-refractivity contribution in [1.82, 2.24) is 15.2 Å². The SMILES string of the molecule is COCCNc1nnc(SC(C)C(=O)c2c[nH]c3ccccc23)s1. The van der Waals surface area contributed by atoms with Crippen LogP contribution in [0.2, 0.25) is 0 Å². The molecule has 6 nitrogen and oxygen atoms in total. The monoisotopic (exact) mass is 362 g/mol. The molecule has 8 heteroatoms. The zero-order valence-corrected chi connectivity index (χ0v) is 15.0. The topological polar surface area (TPSA) is 79.9 Å². The molecule has 0 fully saturated rings. The van der Waals surface area contributed by atoms with Gasteiger partial charge in [-0.05, 0) is 13.0 Å². The molecule has 1 unspecified atom stereocenters. The minimum atomic E-state index is -0.232. The molecule has 0 amide bonds. The van der Waals surface area contributed by atoms with Gasteiger partial charge >= 0.3 is 0 Å². The van der Waals surface area contributed by atoms with Crippen molar-refractivity contribution in [3.8, 4) is 0 Å². The zero-order chi connectivity index (χ0) is 16.9. The van der Waals surface area contributed by atoms with E-state index in [-0.39, 0.29) is 11.0 Å². The van der Waals surface area contributed by atoms with Gasteiger partial charge < -0.3 is 15.0 Å². The van der Waals surface area contributed by atoms with E-state index in [2.05, 4.69) is 20.5 Å². The van der Waals surface area contributed by atoms with Crippen molar-refractivity contribution in [2.24, 2.45) is 0 Å². The number of methoxy groups -OCH3 is 1. The van der Waals surface area contributed by atoms with Gasteiger partial charge in [-0.1, -0.05) is 41.3 Å². The quantitative estimate of drug-likeness (QED) is 0.363. The summed E-state index contributed by atoms with van der Waals surface area (Å²) >= 11 is 2.87. The Labute approximate surface area is 148 Å². The summed E-state index contributed by atoms with van der Waals surface area (Å²) in [5.41, 5.74) is 1.69. The first-order valence-electron chi connectivity index (χ1n) is 7.52. The van der Waals surface area contributed by atoms with Crippen molar-refractivity contribution in [1.29, 1.82) is 0 Å². The van der Waals surface area contributed by atoms with Crippen molar-refractivity contribution in [2.45, 2.75) is 16.5 Å². The number of rotatable bonds is 8. The van der Waals surface area contributed by atoms with Gasteiger partial charge in [0, 0.05) is 36.3 Å². The fourth-order valence-electron chi connectivity index (χ4n) is 2.29. The Balaban J connectivity index is 1.66. The van der Waals surface area contributed by atoms with Crippen LogP contribution in [0.4, 0.5) is 5.13 Å². The second-order valence-electron chi connectivity index (χ2n) is 5.16. The lowest BCUT2D eigenvalue weighted by Gasteiger charge is -2.06. The van der Waals surface area contributed by atoms with E-state index in [1.54, 1.807) is 13.3 Å². The van der Waals surface area contributed by atoms with Gasteiger partial charge in [0.2, 0.25) is 5.13 Å². The summed E-state index contributed by atoms with van der Waals surface area (Å²) in [5, 5.41) is 12.8. The van der Waals surface area contributed by atoms with Crippen LogP contribution in [0.25, 0.3) is 10.9 Å². The summed E-state index contributed by atoms with van der Waals surface area (Å²) < 4.78 is 5.76. The van der Waals surface area contributed by atoms with Crippen LogP contribution in [0.1, 0.15) is 17.3 Å². The molecule has 3 aromatic rings. The number of thioether (sulfide) groups is 1. The molecule has 1 atom stereocenters. The van der Waals surface area contributed by atoms with Crippen molar-refractivity contribution in [3.63, 3.8) is 0 Å². The van der Waals surface area contributed by atoms with Crippen LogP contribution in [-0.4, -0.2) is 46.5 Å². The maximum atomic E-state index is 12.7. The highest BCUT2D eigenvalue weighted by atomic mass is 32.2. The number of ether oxygens (including phenoxy) is 1. The largest absolute Gasteiger partial charge is 0.383 e. The highest BCUT2D eigenvalue weighted by Crippen LogP contribution is 2.31. The molecule has 126 valence electrons.